The first-order valence-corrected chi connectivity index (χ1v) is 11.6. The maximum atomic E-state index is 13.7. The fourth-order valence-corrected chi connectivity index (χ4v) is 4.72. The third kappa shape index (κ3) is 4.17. The highest BCUT2D eigenvalue weighted by Gasteiger charge is 2.27. The summed E-state index contributed by atoms with van der Waals surface area (Å²) in [6, 6.07) is 15.1. The SMILES string of the molecule is COc1cccc(-c2cc3c(n(Cc4ccccn4)c2=O)CCN(C(=O)c2cscn2)C3)c1. The average molecular weight is 459 g/mol. The molecule has 166 valence electrons. The van der Waals surface area contributed by atoms with Crippen LogP contribution in [0.5, 0.6) is 5.75 Å². The lowest BCUT2D eigenvalue weighted by Crippen LogP contribution is -2.39. The van der Waals surface area contributed by atoms with Crippen molar-refractivity contribution in [1.29, 1.82) is 0 Å². The number of ether oxygens (including phenoxy) is 1. The molecule has 1 aliphatic rings. The van der Waals surface area contributed by atoms with E-state index in [0.29, 0.717) is 43.1 Å². The first-order valence-electron chi connectivity index (χ1n) is 10.6. The summed E-state index contributed by atoms with van der Waals surface area (Å²) in [6.45, 7) is 1.33. The largest absolute Gasteiger partial charge is 0.497 e. The van der Waals surface area contributed by atoms with Gasteiger partial charge in [-0.15, -0.1) is 11.3 Å². The van der Waals surface area contributed by atoms with E-state index in [1.807, 2.05) is 48.5 Å². The van der Waals surface area contributed by atoms with Crippen LogP contribution in [0.4, 0.5) is 0 Å². The molecule has 0 aliphatic carbocycles. The molecule has 0 radical (unpaired) electrons. The number of rotatable bonds is 5. The predicted molar refractivity (Wildman–Crippen MR) is 127 cm³/mol. The normalized spacial score (nSPS) is 12.9. The van der Waals surface area contributed by atoms with E-state index < -0.39 is 0 Å². The first-order chi connectivity index (χ1) is 16.1. The molecular formula is C25H22N4O3S. The van der Waals surface area contributed by atoms with Crippen LogP contribution in [0, 0.1) is 0 Å². The molecule has 0 atom stereocenters. The van der Waals surface area contributed by atoms with E-state index in [2.05, 4.69) is 9.97 Å². The number of aromatic nitrogens is 3. The molecule has 5 rings (SSSR count). The highest BCUT2D eigenvalue weighted by molar-refractivity contribution is 7.07. The van der Waals surface area contributed by atoms with Gasteiger partial charge >= 0.3 is 0 Å². The number of pyridine rings is 2. The van der Waals surface area contributed by atoms with Gasteiger partial charge in [0.25, 0.3) is 11.5 Å². The van der Waals surface area contributed by atoms with Gasteiger partial charge in [0.2, 0.25) is 0 Å². The van der Waals surface area contributed by atoms with Crippen LogP contribution in [-0.4, -0.2) is 39.0 Å². The molecule has 1 amide bonds. The van der Waals surface area contributed by atoms with Crippen molar-refractivity contribution >= 4 is 17.2 Å². The predicted octanol–water partition coefficient (Wildman–Crippen LogP) is 3.62. The number of carbonyl (C=O) groups excluding carboxylic acids is 1. The summed E-state index contributed by atoms with van der Waals surface area (Å²) in [6.07, 6.45) is 2.32. The Bertz CT molecular complexity index is 1350. The average Bonchev–Trinajstić information content (AvgIpc) is 3.40. The Labute approximate surface area is 194 Å². The molecule has 1 aliphatic heterocycles. The van der Waals surface area contributed by atoms with E-state index in [1.165, 1.54) is 11.3 Å². The summed E-state index contributed by atoms with van der Waals surface area (Å²) in [4.78, 5) is 37.0. The second-order valence-electron chi connectivity index (χ2n) is 7.82. The zero-order chi connectivity index (χ0) is 22.8. The van der Waals surface area contributed by atoms with Gasteiger partial charge in [-0.1, -0.05) is 18.2 Å². The minimum absolute atomic E-state index is 0.0769. The minimum Gasteiger partial charge on any atom is -0.497 e. The maximum absolute atomic E-state index is 13.7. The van der Waals surface area contributed by atoms with E-state index in [9.17, 15) is 9.59 Å². The van der Waals surface area contributed by atoms with E-state index in [1.54, 1.807) is 33.7 Å². The molecule has 3 aromatic heterocycles. The van der Waals surface area contributed by atoms with Gasteiger partial charge in [0.15, 0.2) is 0 Å². The van der Waals surface area contributed by atoms with Crippen LogP contribution in [0.2, 0.25) is 0 Å². The lowest BCUT2D eigenvalue weighted by atomic mass is 9.98. The lowest BCUT2D eigenvalue weighted by molar-refractivity contribution is 0.0727. The van der Waals surface area contributed by atoms with Crippen LogP contribution in [0.25, 0.3) is 11.1 Å². The zero-order valence-corrected chi connectivity index (χ0v) is 18.9. The van der Waals surface area contributed by atoms with Crippen molar-refractivity contribution in [3.05, 3.63) is 98.6 Å². The van der Waals surface area contributed by atoms with Gasteiger partial charge in [0, 0.05) is 42.3 Å². The molecule has 0 fully saturated rings. The van der Waals surface area contributed by atoms with Crippen LogP contribution < -0.4 is 10.3 Å². The highest BCUT2D eigenvalue weighted by atomic mass is 32.1. The van der Waals surface area contributed by atoms with Gasteiger partial charge in [-0.3, -0.25) is 14.6 Å². The van der Waals surface area contributed by atoms with Gasteiger partial charge in [0.1, 0.15) is 11.4 Å². The molecule has 4 aromatic rings. The minimum atomic E-state index is -0.0905. The Hall–Kier alpha value is -3.78. The Balaban J connectivity index is 1.61. The smallest absolute Gasteiger partial charge is 0.273 e. The van der Waals surface area contributed by atoms with Crippen LogP contribution >= 0.6 is 11.3 Å². The summed E-state index contributed by atoms with van der Waals surface area (Å²) in [5.74, 6) is 0.591. The monoisotopic (exact) mass is 458 g/mol. The number of methoxy groups -OCH3 is 1. The molecule has 0 N–H and O–H groups in total. The fourth-order valence-electron chi connectivity index (χ4n) is 4.19. The number of benzene rings is 1. The second-order valence-corrected chi connectivity index (χ2v) is 8.54. The van der Waals surface area contributed by atoms with E-state index in [-0.39, 0.29) is 11.5 Å². The number of amides is 1. The number of carbonyl (C=O) groups is 1. The molecular weight excluding hydrogens is 436 g/mol. The Morgan fingerprint density at radius 1 is 1.15 bits per heavy atom. The van der Waals surface area contributed by atoms with Crippen LogP contribution in [-0.2, 0) is 19.5 Å². The molecule has 7 nitrogen and oxygen atoms in total. The van der Waals surface area contributed by atoms with Gasteiger partial charge in [-0.2, -0.15) is 0 Å². The highest BCUT2D eigenvalue weighted by Crippen LogP contribution is 2.27. The molecule has 0 unspecified atom stereocenters. The molecule has 8 heteroatoms. The van der Waals surface area contributed by atoms with Crippen molar-refractivity contribution in [3.63, 3.8) is 0 Å². The molecule has 0 saturated carbocycles. The number of fused-ring (bicyclic) bond motifs is 1. The maximum Gasteiger partial charge on any atom is 0.273 e. The number of hydrogen-bond acceptors (Lipinski definition) is 6. The molecule has 0 bridgehead atoms. The van der Waals surface area contributed by atoms with E-state index >= 15 is 0 Å². The van der Waals surface area contributed by atoms with Gasteiger partial charge in [-0.05, 0) is 41.5 Å². The van der Waals surface area contributed by atoms with Crippen LogP contribution in [0.3, 0.4) is 0 Å². The molecule has 33 heavy (non-hydrogen) atoms. The summed E-state index contributed by atoms with van der Waals surface area (Å²) in [5.41, 5.74) is 6.11. The second kappa shape index (κ2) is 8.99. The van der Waals surface area contributed by atoms with Crippen LogP contribution in [0.15, 0.2) is 70.4 Å². The Morgan fingerprint density at radius 3 is 2.82 bits per heavy atom. The summed E-state index contributed by atoms with van der Waals surface area (Å²) >= 11 is 1.40. The zero-order valence-electron chi connectivity index (χ0n) is 18.1. The molecule has 0 saturated heterocycles. The quantitative estimate of drug-likeness (QED) is 0.457. The van der Waals surface area contributed by atoms with Crippen molar-refractivity contribution in [3.8, 4) is 16.9 Å². The molecule has 0 spiro atoms. The van der Waals surface area contributed by atoms with Crippen molar-refractivity contribution in [2.24, 2.45) is 0 Å². The van der Waals surface area contributed by atoms with Crippen molar-refractivity contribution in [2.75, 3.05) is 13.7 Å². The summed E-state index contributed by atoms with van der Waals surface area (Å²) in [5, 5.41) is 1.77. The van der Waals surface area contributed by atoms with Crippen LogP contribution in [0.1, 0.15) is 27.4 Å². The third-order valence-corrected chi connectivity index (χ3v) is 6.42. The molecule has 1 aromatic carbocycles. The van der Waals surface area contributed by atoms with Crippen molar-refractivity contribution in [1.82, 2.24) is 19.4 Å². The fraction of sp³-hybridized carbons (Fsp3) is 0.200. The summed E-state index contributed by atoms with van der Waals surface area (Å²) in [7, 11) is 1.60. The van der Waals surface area contributed by atoms with Crippen molar-refractivity contribution < 1.29 is 9.53 Å². The van der Waals surface area contributed by atoms with Gasteiger partial charge in [0.05, 0.1) is 24.9 Å². The van der Waals surface area contributed by atoms with Gasteiger partial charge in [-0.25, -0.2) is 4.98 Å². The summed E-state index contributed by atoms with van der Waals surface area (Å²) < 4.78 is 7.17. The topological polar surface area (TPSA) is 77.3 Å². The number of hydrogen-bond donors (Lipinski definition) is 0. The molecule has 4 heterocycles. The number of thiazole rings is 1. The van der Waals surface area contributed by atoms with E-state index in [4.69, 9.17) is 4.74 Å². The Morgan fingerprint density at radius 2 is 2.06 bits per heavy atom. The third-order valence-electron chi connectivity index (χ3n) is 5.84. The van der Waals surface area contributed by atoms with E-state index in [0.717, 1.165) is 22.5 Å². The Kier molecular flexibility index (Phi) is 5.75. The number of nitrogens with zero attached hydrogens (tertiary/aromatic N) is 4. The standard InChI is InChI=1S/C25H22N4O3S/c1-32-20-7-4-5-17(11-20)21-12-18-13-28(25(31)22-15-33-16-27-22)10-8-23(18)29(24(21)30)14-19-6-2-3-9-26-19/h2-7,9,11-12,15-16H,8,10,13-14H2,1H3. The van der Waals surface area contributed by atoms with Gasteiger partial charge < -0.3 is 14.2 Å². The van der Waals surface area contributed by atoms with Crippen molar-refractivity contribution in [2.45, 2.75) is 19.5 Å². The lowest BCUT2D eigenvalue weighted by Gasteiger charge is -2.31. The first kappa shape index (κ1) is 21.1.